The molecule has 1 aromatic heterocycles. The number of H-pyrrole nitrogens is 1. The lowest BCUT2D eigenvalue weighted by atomic mass is 9.79. The molecule has 308 valence electrons. The second-order valence-electron chi connectivity index (χ2n) is 14.6. The minimum Gasteiger partial charge on any atom is -0.497 e. The average Bonchev–Trinajstić information content (AvgIpc) is 3.46. The van der Waals surface area contributed by atoms with Gasteiger partial charge in [0.05, 0.1) is 20.8 Å². The summed E-state index contributed by atoms with van der Waals surface area (Å²) in [5.74, 6) is 0.631. The van der Waals surface area contributed by atoms with E-state index in [4.69, 9.17) is 39.4 Å². The third-order valence-electron chi connectivity index (χ3n) is 10.2. The molecule has 2 aliphatic heterocycles. The summed E-state index contributed by atoms with van der Waals surface area (Å²) in [4.78, 5) is 53.1. The predicted octanol–water partition coefficient (Wildman–Crippen LogP) is 5.58. The SMILES string of the molecule is [C-]#[N+]CCOP(OC1[C@@H]2ON(C)C(=O)[C@]1(COC(c1ccccc1)(c1ccc(OC)cc1)c1ccc(OC)cc1)O[C@H]2n1cc(C)c(=O)[nH]c1=O)N(C(C)C)C(C)C. The van der Waals surface area contributed by atoms with Gasteiger partial charge in [-0.1, -0.05) is 54.6 Å². The van der Waals surface area contributed by atoms with E-state index in [0.29, 0.717) is 22.6 Å². The lowest BCUT2D eigenvalue weighted by Gasteiger charge is -2.45. The van der Waals surface area contributed by atoms with Gasteiger partial charge >= 0.3 is 5.69 Å². The summed E-state index contributed by atoms with van der Waals surface area (Å²) in [5, 5.41) is 1.08. The molecule has 2 unspecified atom stereocenters. The summed E-state index contributed by atoms with van der Waals surface area (Å²) in [7, 11) is 2.67. The zero-order chi connectivity index (χ0) is 41.8. The van der Waals surface area contributed by atoms with Crippen LogP contribution in [0.1, 0.15) is 56.2 Å². The van der Waals surface area contributed by atoms with Crippen molar-refractivity contribution in [2.24, 2.45) is 0 Å². The van der Waals surface area contributed by atoms with Gasteiger partial charge in [-0.2, -0.15) is 0 Å². The second-order valence-corrected chi connectivity index (χ2v) is 16.0. The van der Waals surface area contributed by atoms with E-state index in [-0.39, 0.29) is 30.8 Å². The highest BCUT2D eigenvalue weighted by Crippen LogP contribution is 2.55. The highest BCUT2D eigenvalue weighted by atomic mass is 31.2. The molecule has 58 heavy (non-hydrogen) atoms. The van der Waals surface area contributed by atoms with Crippen molar-refractivity contribution in [3.8, 4) is 11.5 Å². The fourth-order valence-corrected chi connectivity index (χ4v) is 9.31. The fourth-order valence-electron chi connectivity index (χ4n) is 7.53. The van der Waals surface area contributed by atoms with Crippen LogP contribution in [0.25, 0.3) is 4.85 Å². The first-order chi connectivity index (χ1) is 27.8. The van der Waals surface area contributed by atoms with Crippen LogP contribution < -0.4 is 20.7 Å². The number of ether oxygens (including phenoxy) is 4. The van der Waals surface area contributed by atoms with E-state index < -0.39 is 61.9 Å². The summed E-state index contributed by atoms with van der Waals surface area (Å²) in [6, 6.07) is 24.4. The average molecular weight is 816 g/mol. The van der Waals surface area contributed by atoms with Crippen LogP contribution in [0.2, 0.25) is 0 Å². The minimum atomic E-state index is -1.97. The van der Waals surface area contributed by atoms with E-state index in [9.17, 15) is 14.4 Å². The minimum absolute atomic E-state index is 0.0651. The quantitative estimate of drug-likeness (QED) is 0.0617. The molecule has 0 radical (unpaired) electrons. The monoisotopic (exact) mass is 815 g/mol. The second kappa shape index (κ2) is 17.9. The van der Waals surface area contributed by atoms with E-state index >= 15 is 0 Å². The fraction of sp³-hybridized carbons (Fsp3) is 0.429. The Morgan fingerprint density at radius 2 is 1.48 bits per heavy atom. The van der Waals surface area contributed by atoms with Crippen LogP contribution in [0, 0.1) is 13.5 Å². The maximum atomic E-state index is 14.9. The van der Waals surface area contributed by atoms with Gasteiger partial charge in [-0.15, -0.1) is 0 Å². The Balaban J connectivity index is 1.57. The number of rotatable bonds is 17. The number of carbonyl (C=O) groups excluding carboxylic acids is 1. The van der Waals surface area contributed by atoms with Gasteiger partial charge in [0, 0.05) is 30.9 Å². The van der Waals surface area contributed by atoms with E-state index in [1.165, 1.54) is 17.8 Å². The Morgan fingerprint density at radius 1 is 0.914 bits per heavy atom. The van der Waals surface area contributed by atoms with Crippen LogP contribution in [0.15, 0.2) is 94.6 Å². The molecule has 2 bridgehead atoms. The molecule has 2 aliphatic rings. The van der Waals surface area contributed by atoms with Crippen molar-refractivity contribution in [2.45, 2.75) is 76.3 Å². The van der Waals surface area contributed by atoms with E-state index in [1.54, 1.807) is 21.1 Å². The van der Waals surface area contributed by atoms with Gasteiger partial charge in [0.2, 0.25) is 12.1 Å². The third kappa shape index (κ3) is 8.06. The molecule has 16 heteroatoms. The van der Waals surface area contributed by atoms with Crippen molar-refractivity contribution in [1.29, 1.82) is 0 Å². The van der Waals surface area contributed by atoms with Crippen molar-refractivity contribution in [1.82, 2.24) is 19.3 Å². The molecule has 1 amide bonds. The molecule has 3 heterocycles. The normalized spacial score (nSPS) is 21.1. The number of hydroxylamine groups is 2. The number of nitrogens with zero attached hydrogens (tertiary/aromatic N) is 4. The van der Waals surface area contributed by atoms with E-state index in [2.05, 4.69) is 9.83 Å². The van der Waals surface area contributed by atoms with Gasteiger partial charge in [-0.05, 0) is 75.6 Å². The molecule has 1 N–H and O–H groups in total. The van der Waals surface area contributed by atoms with Gasteiger partial charge in [0.1, 0.15) is 29.8 Å². The molecule has 6 rings (SSSR count). The molecule has 0 aliphatic carbocycles. The van der Waals surface area contributed by atoms with E-state index in [0.717, 1.165) is 10.6 Å². The van der Waals surface area contributed by atoms with Gasteiger partial charge in [0.25, 0.3) is 20.0 Å². The molecule has 5 atom stereocenters. The van der Waals surface area contributed by atoms with Crippen molar-refractivity contribution in [3.05, 3.63) is 140 Å². The number of aromatic amines is 1. The number of likely N-dealkylation sites (N-methyl/N-ethyl adjacent to an activating group) is 1. The Labute approximate surface area is 339 Å². The predicted molar refractivity (Wildman–Crippen MR) is 216 cm³/mol. The van der Waals surface area contributed by atoms with Crippen molar-refractivity contribution in [3.63, 3.8) is 0 Å². The first-order valence-corrected chi connectivity index (χ1v) is 20.1. The maximum absolute atomic E-state index is 14.9. The highest BCUT2D eigenvalue weighted by molar-refractivity contribution is 7.44. The molecule has 2 fully saturated rings. The van der Waals surface area contributed by atoms with Crippen molar-refractivity contribution >= 4 is 14.4 Å². The van der Waals surface area contributed by atoms with Gasteiger partial charge in [-0.3, -0.25) is 24.0 Å². The van der Waals surface area contributed by atoms with Crippen LogP contribution >= 0.6 is 8.53 Å². The topological polar surface area (TPSA) is 147 Å². The largest absolute Gasteiger partial charge is 0.497 e. The Hall–Kier alpha value is -4.91. The lowest BCUT2D eigenvalue weighted by Crippen LogP contribution is -2.64. The zero-order valence-corrected chi connectivity index (χ0v) is 34.8. The van der Waals surface area contributed by atoms with Crippen molar-refractivity contribution < 1.29 is 37.6 Å². The first-order valence-electron chi connectivity index (χ1n) is 19.0. The van der Waals surface area contributed by atoms with Gasteiger partial charge in [0.15, 0.2) is 12.3 Å². The number of amides is 1. The summed E-state index contributed by atoms with van der Waals surface area (Å²) < 4.78 is 41.8. The zero-order valence-electron chi connectivity index (χ0n) is 33.9. The number of hydrogen-bond acceptors (Lipinski definition) is 11. The van der Waals surface area contributed by atoms with Crippen LogP contribution in [0.4, 0.5) is 0 Å². The molecule has 15 nitrogen and oxygen atoms in total. The molecular weight excluding hydrogens is 765 g/mol. The lowest BCUT2D eigenvalue weighted by molar-refractivity contribution is -0.246. The van der Waals surface area contributed by atoms with Crippen LogP contribution in [-0.4, -0.2) is 96.1 Å². The molecule has 4 aromatic rings. The molecule has 0 saturated carbocycles. The van der Waals surface area contributed by atoms with Crippen LogP contribution in [0.3, 0.4) is 0 Å². The Kier molecular flexibility index (Phi) is 13.2. The summed E-state index contributed by atoms with van der Waals surface area (Å²) in [5.41, 5.74) is -2.27. The number of aromatic nitrogens is 2. The number of hydrogen-bond donors (Lipinski definition) is 1. The number of aryl methyl sites for hydroxylation is 1. The van der Waals surface area contributed by atoms with Crippen LogP contribution in [-0.2, 0) is 33.8 Å². The number of fused-ring (bicyclic) bond motifs is 2. The number of nitrogens with one attached hydrogen (secondary N) is 1. The molecular formula is C42H50N5O10P. The highest BCUT2D eigenvalue weighted by Gasteiger charge is 2.69. The molecule has 3 aromatic carbocycles. The number of benzene rings is 3. The van der Waals surface area contributed by atoms with E-state index in [1.807, 2.05) is 111 Å². The Bertz CT molecular complexity index is 2140. The number of methoxy groups -OCH3 is 2. The van der Waals surface area contributed by atoms with Gasteiger partial charge < -0.3 is 32.8 Å². The van der Waals surface area contributed by atoms with Crippen LogP contribution in [0.5, 0.6) is 11.5 Å². The van der Waals surface area contributed by atoms with Gasteiger partial charge in [-0.25, -0.2) is 21.1 Å². The maximum Gasteiger partial charge on any atom is 0.330 e. The Morgan fingerprint density at radius 3 is 2.02 bits per heavy atom. The summed E-state index contributed by atoms with van der Waals surface area (Å²) in [6.07, 6.45) is -2.26. The molecule has 2 saturated heterocycles. The first kappa shape index (κ1) is 42.7. The summed E-state index contributed by atoms with van der Waals surface area (Å²) >= 11 is 0. The summed E-state index contributed by atoms with van der Waals surface area (Å²) in [6.45, 7) is 16.7. The third-order valence-corrected chi connectivity index (χ3v) is 12.4. The van der Waals surface area contributed by atoms with Crippen molar-refractivity contribution in [2.75, 3.05) is 41.0 Å². The molecule has 0 spiro atoms. The standard InChI is InChI=1S/C42H50N5O10P/c1-27(2)47(28(3)4)58(54-24-23-43-6)57-36-35-38(46-25-29(5)37(48)44-40(46)50)55-41(36,39(49)45(7)56-35)26-53-42(30-13-11-10-12-14-30,31-15-19-33(51-8)20-16-31)32-17-21-34(52-9)22-18-32/h10-22,25,27-28,35-36,38H,23-24,26H2,1-5,7-9H3,(H,44,48,50)/t35-,36?,38+,41+,58?/m0/s1. The smallest absolute Gasteiger partial charge is 0.330 e. The number of carbonyl (C=O) groups is 1.